The van der Waals surface area contributed by atoms with Gasteiger partial charge in [0.15, 0.2) is 11.5 Å². The lowest BCUT2D eigenvalue weighted by Crippen LogP contribution is -2.65. The van der Waals surface area contributed by atoms with Crippen LogP contribution in [0.5, 0.6) is 0 Å². The van der Waals surface area contributed by atoms with Crippen molar-refractivity contribution in [1.29, 1.82) is 0 Å². The Bertz CT molecular complexity index is 967. The Hall–Kier alpha value is -1.38. The van der Waals surface area contributed by atoms with Crippen molar-refractivity contribution >= 4 is 34.1 Å². The van der Waals surface area contributed by atoms with Gasteiger partial charge < -0.3 is 23.4 Å². The summed E-state index contributed by atoms with van der Waals surface area (Å²) in [5.74, 6) is 0.367. The number of rotatable bonds is 5. The summed E-state index contributed by atoms with van der Waals surface area (Å²) in [5, 5.41) is 0. The van der Waals surface area contributed by atoms with Gasteiger partial charge in [-0.2, -0.15) is 0 Å². The van der Waals surface area contributed by atoms with Gasteiger partial charge in [-0.1, -0.05) is 55.4 Å². The van der Waals surface area contributed by atoms with Crippen LogP contribution in [0.2, 0.25) is 22.2 Å². The minimum absolute atomic E-state index is 0.116. The molecule has 0 aromatic carbocycles. The molecule has 11 heteroatoms. The lowest BCUT2D eigenvalue weighted by Gasteiger charge is -2.51. The molecule has 0 unspecified atom stereocenters. The fourth-order valence-electron chi connectivity index (χ4n) is 5.39. The highest BCUT2D eigenvalue weighted by atomic mass is 28.5. The van der Waals surface area contributed by atoms with Crippen LogP contribution in [0.1, 0.15) is 68.0 Å². The zero-order valence-electron chi connectivity index (χ0n) is 21.1. The summed E-state index contributed by atoms with van der Waals surface area (Å²) >= 11 is 0. The van der Waals surface area contributed by atoms with E-state index in [0.29, 0.717) is 41.1 Å². The molecule has 2 N–H and O–H groups in total. The van der Waals surface area contributed by atoms with Crippen LogP contribution >= 0.6 is 0 Å². The van der Waals surface area contributed by atoms with Crippen LogP contribution < -0.4 is 5.73 Å². The predicted molar refractivity (Wildman–Crippen MR) is 132 cm³/mol. The summed E-state index contributed by atoms with van der Waals surface area (Å²) in [6.45, 7) is 18.3. The third kappa shape index (κ3) is 4.06. The smallest absolute Gasteiger partial charge is 0.335 e. The Balaban J connectivity index is 1.72. The molecule has 0 saturated carbocycles. The van der Waals surface area contributed by atoms with Gasteiger partial charge in [0, 0.05) is 6.42 Å². The van der Waals surface area contributed by atoms with Gasteiger partial charge >= 0.3 is 17.1 Å². The third-order valence-corrected chi connectivity index (χ3v) is 17.5. The monoisotopic (exact) mass is 493 g/mol. The van der Waals surface area contributed by atoms with Crippen molar-refractivity contribution in [3.8, 4) is 0 Å². The summed E-state index contributed by atoms with van der Waals surface area (Å²) in [6, 6.07) is 0. The molecule has 2 aliphatic rings. The van der Waals surface area contributed by atoms with E-state index in [1.54, 1.807) is 6.33 Å². The lowest BCUT2D eigenvalue weighted by molar-refractivity contribution is -0.0544. The van der Waals surface area contributed by atoms with Crippen molar-refractivity contribution in [3.05, 3.63) is 12.7 Å². The number of fused-ring (bicyclic) bond motifs is 2. The van der Waals surface area contributed by atoms with E-state index in [0.717, 1.165) is 0 Å². The number of hydrogen-bond donors (Lipinski definition) is 1. The van der Waals surface area contributed by atoms with E-state index < -0.39 is 17.1 Å². The molecule has 4 rings (SSSR count). The Labute approximate surface area is 198 Å². The molecule has 2 fully saturated rings. The number of ether oxygens (including phenoxy) is 1. The predicted octanol–water partition coefficient (Wildman–Crippen LogP) is 4.65. The van der Waals surface area contributed by atoms with E-state index in [1.807, 2.05) is 4.57 Å². The second kappa shape index (κ2) is 9.01. The summed E-state index contributed by atoms with van der Waals surface area (Å²) in [5.41, 5.74) is 8.42. The number of imidazole rings is 1. The first-order valence-corrected chi connectivity index (χ1v) is 16.1. The maximum absolute atomic E-state index is 7.25. The fourth-order valence-corrected chi connectivity index (χ4v) is 16.6. The van der Waals surface area contributed by atoms with Gasteiger partial charge in [0.25, 0.3) is 0 Å². The summed E-state index contributed by atoms with van der Waals surface area (Å²) in [4.78, 5) is 12.9. The maximum Gasteiger partial charge on any atom is 0.335 e. The summed E-state index contributed by atoms with van der Waals surface area (Å²) in [7, 11) is -5.24. The molecule has 2 saturated heterocycles. The SMILES string of the molecule is CC(C)[Si]1(C(C)C)OC[C@@H]2O[C@H](n3cnc4c(N)ncnc43)C[C@@H]2O[Si](C(C)C)(C(C)C)O1. The standard InChI is InChI=1S/C22H39N5O4Si2/c1-13(2)32(14(3)4)28-10-18-17(30-33(31-32,15(5)6)16(7)8)9-19(29-18)27-12-26-20-21(23)24-11-25-22(20)27/h11-19H,9-10H2,1-8H3,(H2,23,24,25)/t17-,18-,19-/m0/s1. The van der Waals surface area contributed by atoms with Crippen LogP contribution in [-0.2, 0) is 17.7 Å². The maximum atomic E-state index is 7.25. The Kier molecular flexibility index (Phi) is 6.75. The number of hydrogen-bond acceptors (Lipinski definition) is 8. The topological polar surface area (TPSA) is 107 Å². The van der Waals surface area contributed by atoms with Gasteiger partial charge in [-0.15, -0.1) is 0 Å². The van der Waals surface area contributed by atoms with E-state index >= 15 is 0 Å². The minimum atomic E-state index is -2.66. The van der Waals surface area contributed by atoms with Crippen molar-refractivity contribution in [2.24, 2.45) is 0 Å². The van der Waals surface area contributed by atoms with Crippen LogP contribution in [0, 0.1) is 0 Å². The quantitative estimate of drug-likeness (QED) is 0.600. The Morgan fingerprint density at radius 2 is 1.55 bits per heavy atom. The van der Waals surface area contributed by atoms with E-state index in [9.17, 15) is 0 Å². The first kappa shape index (κ1) is 24.7. The molecule has 2 aromatic rings. The zero-order valence-corrected chi connectivity index (χ0v) is 23.1. The van der Waals surface area contributed by atoms with Crippen LogP contribution in [-0.4, -0.2) is 55.5 Å². The van der Waals surface area contributed by atoms with Crippen LogP contribution in [0.3, 0.4) is 0 Å². The van der Waals surface area contributed by atoms with Gasteiger partial charge in [0.2, 0.25) is 0 Å². The molecule has 0 bridgehead atoms. The molecular weight excluding hydrogens is 454 g/mol. The lowest BCUT2D eigenvalue weighted by atomic mass is 10.2. The van der Waals surface area contributed by atoms with Gasteiger partial charge in [-0.25, -0.2) is 15.0 Å². The Morgan fingerprint density at radius 1 is 0.909 bits per heavy atom. The normalized spacial score (nSPS) is 27.5. The molecule has 3 atom stereocenters. The molecule has 2 aliphatic heterocycles. The molecular formula is C22H39N5O4Si2. The summed E-state index contributed by atoms with van der Waals surface area (Å²) < 4.78 is 29.7. The van der Waals surface area contributed by atoms with E-state index in [1.165, 1.54) is 6.33 Å². The highest BCUT2D eigenvalue weighted by molar-refractivity contribution is 6.83. The van der Waals surface area contributed by atoms with Crippen molar-refractivity contribution in [2.45, 2.75) is 102 Å². The van der Waals surface area contributed by atoms with E-state index in [4.69, 9.17) is 23.4 Å². The fraction of sp³-hybridized carbons (Fsp3) is 0.773. The third-order valence-electron chi connectivity index (χ3n) is 7.22. The van der Waals surface area contributed by atoms with E-state index in [2.05, 4.69) is 70.3 Å². The molecule has 0 spiro atoms. The van der Waals surface area contributed by atoms with Crippen molar-refractivity contribution in [3.63, 3.8) is 0 Å². The molecule has 33 heavy (non-hydrogen) atoms. The second-order valence-electron chi connectivity index (χ2n) is 10.6. The minimum Gasteiger partial charge on any atom is -0.414 e. The number of nitrogen functional groups attached to an aromatic ring is 1. The average molecular weight is 494 g/mol. The molecule has 9 nitrogen and oxygen atoms in total. The first-order valence-electron chi connectivity index (χ1n) is 12.1. The number of nitrogens with zero attached hydrogens (tertiary/aromatic N) is 4. The van der Waals surface area contributed by atoms with Crippen molar-refractivity contribution in [1.82, 2.24) is 19.5 Å². The number of anilines is 1. The zero-order chi connectivity index (χ0) is 24.1. The van der Waals surface area contributed by atoms with Gasteiger partial charge in [-0.3, -0.25) is 4.57 Å². The van der Waals surface area contributed by atoms with Crippen LogP contribution in [0.15, 0.2) is 12.7 Å². The van der Waals surface area contributed by atoms with Crippen LogP contribution in [0.25, 0.3) is 11.2 Å². The van der Waals surface area contributed by atoms with Gasteiger partial charge in [-0.05, 0) is 22.2 Å². The number of nitrogens with two attached hydrogens (primary N) is 1. The van der Waals surface area contributed by atoms with Crippen molar-refractivity contribution < 1.29 is 17.7 Å². The van der Waals surface area contributed by atoms with Crippen molar-refractivity contribution in [2.75, 3.05) is 12.3 Å². The van der Waals surface area contributed by atoms with Crippen LogP contribution in [0.4, 0.5) is 5.82 Å². The highest BCUT2D eigenvalue weighted by Gasteiger charge is 2.60. The average Bonchev–Trinajstić information content (AvgIpc) is 3.32. The highest BCUT2D eigenvalue weighted by Crippen LogP contribution is 2.48. The molecule has 2 aromatic heterocycles. The molecule has 184 valence electrons. The van der Waals surface area contributed by atoms with E-state index in [-0.39, 0.29) is 29.5 Å². The molecule has 0 radical (unpaired) electrons. The number of aromatic nitrogens is 4. The van der Waals surface area contributed by atoms with Gasteiger partial charge in [0.05, 0.1) is 19.0 Å². The van der Waals surface area contributed by atoms with Gasteiger partial charge in [0.1, 0.15) is 24.2 Å². The summed E-state index contributed by atoms with van der Waals surface area (Å²) in [6.07, 6.45) is 3.31. The first-order chi connectivity index (χ1) is 15.5. The molecule has 0 aliphatic carbocycles. The molecule has 4 heterocycles. The largest absolute Gasteiger partial charge is 0.414 e. The Morgan fingerprint density at radius 3 is 2.15 bits per heavy atom. The molecule has 0 amide bonds. The second-order valence-corrected chi connectivity index (χ2v) is 19.4.